The fourth-order valence-corrected chi connectivity index (χ4v) is 2.37. The van der Waals surface area contributed by atoms with Crippen LogP contribution in [0, 0.1) is 0 Å². The minimum atomic E-state index is 0.381. The monoisotopic (exact) mass is 294 g/mol. The zero-order valence-electron chi connectivity index (χ0n) is 10.8. The van der Waals surface area contributed by atoms with E-state index in [1.807, 2.05) is 30.3 Å². The Hall–Kier alpha value is -1.18. The summed E-state index contributed by atoms with van der Waals surface area (Å²) in [4.78, 5) is 0. The van der Waals surface area contributed by atoms with Gasteiger partial charge < -0.3 is 4.74 Å². The van der Waals surface area contributed by atoms with Crippen LogP contribution in [0.5, 0.6) is 5.75 Å². The fourth-order valence-electron chi connectivity index (χ4n) is 1.87. The van der Waals surface area contributed by atoms with E-state index >= 15 is 0 Å². The highest BCUT2D eigenvalue weighted by molar-refractivity contribution is 6.35. The molecule has 0 aliphatic rings. The first-order chi connectivity index (χ1) is 9.20. The van der Waals surface area contributed by atoms with E-state index in [9.17, 15) is 0 Å². The van der Waals surface area contributed by atoms with E-state index in [1.165, 1.54) is 5.56 Å². The number of hydrogen-bond acceptors (Lipinski definition) is 1. The molecule has 2 rings (SSSR count). The molecule has 0 aromatic heterocycles. The SMILES string of the molecule is CCCc1ccc(OCc2c(Cl)cccc2Cl)cc1. The first-order valence-corrected chi connectivity index (χ1v) is 7.11. The van der Waals surface area contributed by atoms with E-state index in [-0.39, 0.29) is 0 Å². The molecule has 0 atom stereocenters. The number of halogens is 2. The van der Waals surface area contributed by atoms with Gasteiger partial charge in [-0.25, -0.2) is 0 Å². The van der Waals surface area contributed by atoms with Gasteiger partial charge in [-0.2, -0.15) is 0 Å². The summed E-state index contributed by atoms with van der Waals surface area (Å²) in [5.74, 6) is 0.829. The van der Waals surface area contributed by atoms with Crippen LogP contribution in [0.15, 0.2) is 42.5 Å². The highest BCUT2D eigenvalue weighted by Gasteiger charge is 2.06. The summed E-state index contributed by atoms with van der Waals surface area (Å²) >= 11 is 12.2. The molecule has 0 fully saturated rings. The highest BCUT2D eigenvalue weighted by atomic mass is 35.5. The summed E-state index contributed by atoms with van der Waals surface area (Å²) in [6, 6.07) is 13.6. The van der Waals surface area contributed by atoms with Crippen LogP contribution in [0.1, 0.15) is 24.5 Å². The summed E-state index contributed by atoms with van der Waals surface area (Å²) in [7, 11) is 0. The fraction of sp³-hybridized carbons (Fsp3) is 0.250. The van der Waals surface area contributed by atoms with E-state index in [2.05, 4.69) is 19.1 Å². The topological polar surface area (TPSA) is 9.23 Å². The van der Waals surface area contributed by atoms with Crippen LogP contribution >= 0.6 is 23.2 Å². The van der Waals surface area contributed by atoms with Crippen molar-refractivity contribution in [3.05, 3.63) is 63.6 Å². The highest BCUT2D eigenvalue weighted by Crippen LogP contribution is 2.26. The standard InChI is InChI=1S/C16H16Cl2O/c1-2-4-12-7-9-13(10-8-12)19-11-14-15(17)5-3-6-16(14)18/h3,5-10H,2,4,11H2,1H3. The molecule has 0 saturated heterocycles. The second kappa shape index (κ2) is 6.83. The van der Waals surface area contributed by atoms with Gasteiger partial charge in [0.05, 0.1) is 0 Å². The van der Waals surface area contributed by atoms with Crippen LogP contribution in [0.4, 0.5) is 0 Å². The molecule has 0 unspecified atom stereocenters. The lowest BCUT2D eigenvalue weighted by atomic mass is 10.1. The average molecular weight is 295 g/mol. The van der Waals surface area contributed by atoms with Crippen LogP contribution in [0.25, 0.3) is 0 Å². The number of benzene rings is 2. The molecular weight excluding hydrogens is 279 g/mol. The lowest BCUT2D eigenvalue weighted by Gasteiger charge is -2.10. The van der Waals surface area contributed by atoms with Crippen molar-refractivity contribution >= 4 is 23.2 Å². The maximum absolute atomic E-state index is 6.10. The van der Waals surface area contributed by atoms with Crippen LogP contribution in [-0.4, -0.2) is 0 Å². The third-order valence-corrected chi connectivity index (χ3v) is 3.62. The summed E-state index contributed by atoms with van der Waals surface area (Å²) in [6.07, 6.45) is 2.24. The van der Waals surface area contributed by atoms with Gasteiger partial charge in [0, 0.05) is 15.6 Å². The van der Waals surface area contributed by atoms with E-state index in [1.54, 1.807) is 0 Å². The first-order valence-electron chi connectivity index (χ1n) is 6.35. The Kier molecular flexibility index (Phi) is 5.12. The Morgan fingerprint density at radius 1 is 0.947 bits per heavy atom. The summed E-state index contributed by atoms with van der Waals surface area (Å²) in [5.41, 5.74) is 2.15. The van der Waals surface area contributed by atoms with E-state index in [0.29, 0.717) is 16.7 Å². The van der Waals surface area contributed by atoms with Gasteiger partial charge >= 0.3 is 0 Å². The third kappa shape index (κ3) is 3.89. The van der Waals surface area contributed by atoms with Crippen molar-refractivity contribution < 1.29 is 4.74 Å². The number of ether oxygens (including phenoxy) is 1. The molecule has 19 heavy (non-hydrogen) atoms. The molecular formula is C16H16Cl2O. The van der Waals surface area contributed by atoms with Gasteiger partial charge in [0.2, 0.25) is 0 Å². The van der Waals surface area contributed by atoms with Crippen molar-refractivity contribution in [2.75, 3.05) is 0 Å². The maximum Gasteiger partial charge on any atom is 0.119 e. The molecule has 0 spiro atoms. The Bertz CT molecular complexity index is 515. The van der Waals surface area contributed by atoms with E-state index in [0.717, 1.165) is 24.2 Å². The Morgan fingerprint density at radius 2 is 1.58 bits per heavy atom. The van der Waals surface area contributed by atoms with Crippen molar-refractivity contribution in [1.82, 2.24) is 0 Å². The quantitative estimate of drug-likeness (QED) is 0.705. The first kappa shape index (κ1) is 14.2. The van der Waals surface area contributed by atoms with E-state index in [4.69, 9.17) is 27.9 Å². The van der Waals surface area contributed by atoms with Gasteiger partial charge in [0.25, 0.3) is 0 Å². The molecule has 3 heteroatoms. The van der Waals surface area contributed by atoms with Gasteiger partial charge in [-0.15, -0.1) is 0 Å². The van der Waals surface area contributed by atoms with Crippen LogP contribution in [0.2, 0.25) is 10.0 Å². The molecule has 100 valence electrons. The number of aryl methyl sites for hydroxylation is 1. The lowest BCUT2D eigenvalue weighted by Crippen LogP contribution is -1.97. The van der Waals surface area contributed by atoms with Crippen molar-refractivity contribution in [1.29, 1.82) is 0 Å². The average Bonchev–Trinajstić information content (AvgIpc) is 2.40. The summed E-state index contributed by atoms with van der Waals surface area (Å²) < 4.78 is 5.72. The smallest absolute Gasteiger partial charge is 0.119 e. The number of hydrogen-bond donors (Lipinski definition) is 0. The zero-order valence-corrected chi connectivity index (χ0v) is 12.3. The minimum Gasteiger partial charge on any atom is -0.489 e. The molecule has 0 N–H and O–H groups in total. The van der Waals surface area contributed by atoms with Gasteiger partial charge in [0.1, 0.15) is 12.4 Å². The second-order valence-electron chi connectivity index (χ2n) is 4.38. The summed E-state index contributed by atoms with van der Waals surface area (Å²) in [5, 5.41) is 1.27. The Labute approximate surface area is 124 Å². The third-order valence-electron chi connectivity index (χ3n) is 2.91. The second-order valence-corrected chi connectivity index (χ2v) is 5.20. The molecule has 2 aromatic carbocycles. The molecule has 0 bridgehead atoms. The van der Waals surface area contributed by atoms with Crippen molar-refractivity contribution in [3.63, 3.8) is 0 Å². The van der Waals surface area contributed by atoms with Crippen molar-refractivity contribution in [2.24, 2.45) is 0 Å². The molecule has 0 aliphatic heterocycles. The molecule has 0 aliphatic carbocycles. The maximum atomic E-state index is 6.10. The van der Waals surface area contributed by atoms with Crippen LogP contribution in [0.3, 0.4) is 0 Å². The Morgan fingerprint density at radius 3 is 2.16 bits per heavy atom. The van der Waals surface area contributed by atoms with Gasteiger partial charge in [-0.05, 0) is 36.2 Å². The van der Waals surface area contributed by atoms with Crippen LogP contribution < -0.4 is 4.74 Å². The van der Waals surface area contributed by atoms with Crippen molar-refractivity contribution in [2.45, 2.75) is 26.4 Å². The van der Waals surface area contributed by atoms with Crippen LogP contribution in [-0.2, 0) is 13.0 Å². The summed E-state index contributed by atoms with van der Waals surface area (Å²) in [6.45, 7) is 2.55. The lowest BCUT2D eigenvalue weighted by molar-refractivity contribution is 0.306. The molecule has 0 radical (unpaired) electrons. The molecule has 0 saturated carbocycles. The molecule has 1 nitrogen and oxygen atoms in total. The van der Waals surface area contributed by atoms with Crippen molar-refractivity contribution in [3.8, 4) is 5.75 Å². The van der Waals surface area contributed by atoms with Gasteiger partial charge in [-0.1, -0.05) is 54.7 Å². The number of rotatable bonds is 5. The largest absolute Gasteiger partial charge is 0.489 e. The van der Waals surface area contributed by atoms with E-state index < -0.39 is 0 Å². The molecule has 0 amide bonds. The predicted octanol–water partition coefficient (Wildman–Crippen LogP) is 5.52. The predicted molar refractivity (Wildman–Crippen MR) is 81.2 cm³/mol. The molecule has 2 aromatic rings. The van der Waals surface area contributed by atoms with Gasteiger partial charge in [0.15, 0.2) is 0 Å². The molecule has 0 heterocycles. The zero-order chi connectivity index (χ0) is 13.7. The normalized spacial score (nSPS) is 10.5. The minimum absolute atomic E-state index is 0.381. The van der Waals surface area contributed by atoms with Gasteiger partial charge in [-0.3, -0.25) is 0 Å². The Balaban J connectivity index is 2.02.